The molecular formula is H2O21P5V3. The van der Waals surface area contributed by atoms with Gasteiger partial charge in [0.05, 0.1) is 0 Å². The first kappa shape index (κ1) is 57.8. The van der Waals surface area contributed by atoms with Crippen LogP contribution in [0.25, 0.3) is 0 Å². The average molecular weight is 646 g/mol. The Hall–Kier alpha value is 2.26. The van der Waals surface area contributed by atoms with Crippen molar-refractivity contribution in [1.82, 2.24) is 0 Å². The fourth-order valence-corrected chi connectivity index (χ4v) is 0. The molecule has 0 saturated carbocycles. The molecule has 0 aliphatic heterocycles. The molecule has 0 aromatic carbocycles. The predicted molar refractivity (Wildman–Crippen MR) is 41.6 cm³/mol. The number of hydrogen-bond acceptors (Lipinski definition) is 20. The molecule has 0 aromatic rings. The van der Waals surface area contributed by atoms with E-state index in [1.807, 2.05) is 0 Å². The maximum atomic E-state index is 8.55. The van der Waals surface area contributed by atoms with Gasteiger partial charge in [-0.15, -0.1) is 0 Å². The number of phosphoric acid groups is 5. The van der Waals surface area contributed by atoms with E-state index in [0.29, 0.717) is 0 Å². The Labute approximate surface area is 196 Å². The monoisotopic (exact) mass is 646 g/mol. The molecule has 0 spiro atoms. The standard InChI is InChI=1S/5H3O4P.H2O.3V/c5*1-5(2,3)4;;;;/h5*(H3,1,2,3,4);1H2;;;/q;;;;;;3*+5/p-15. The molecule has 0 bridgehead atoms. The van der Waals surface area contributed by atoms with Gasteiger partial charge in [-0.3, -0.25) is 0 Å². The van der Waals surface area contributed by atoms with Gasteiger partial charge < -0.3 is 102 Å². The zero-order valence-electron chi connectivity index (χ0n) is 12.2. The third kappa shape index (κ3) is 4720. The van der Waals surface area contributed by atoms with E-state index in [9.17, 15) is 0 Å². The second-order valence-electron chi connectivity index (χ2n) is 2.24. The van der Waals surface area contributed by atoms with E-state index >= 15 is 0 Å². The van der Waals surface area contributed by atoms with Crippen molar-refractivity contribution in [1.29, 1.82) is 0 Å². The summed E-state index contributed by atoms with van der Waals surface area (Å²) in [5.74, 6) is 0. The Kier molecular flexibility index (Phi) is 49.6. The summed E-state index contributed by atoms with van der Waals surface area (Å²) < 4.78 is 42.7. The van der Waals surface area contributed by atoms with E-state index in [0.717, 1.165) is 0 Å². The van der Waals surface area contributed by atoms with Gasteiger partial charge >= 0.3 is 55.7 Å². The van der Waals surface area contributed by atoms with Crippen LogP contribution in [0.4, 0.5) is 0 Å². The van der Waals surface area contributed by atoms with Crippen molar-refractivity contribution in [2.24, 2.45) is 0 Å². The zero-order valence-corrected chi connectivity index (χ0v) is 20.9. The Morgan fingerprint density at radius 1 is 0.276 bits per heavy atom. The Balaban J connectivity index is -0.0000000238. The number of rotatable bonds is 0. The van der Waals surface area contributed by atoms with Crippen molar-refractivity contribution >= 4 is 39.1 Å². The quantitative estimate of drug-likeness (QED) is 0.220. The van der Waals surface area contributed by atoms with Crippen LogP contribution in [0.2, 0.25) is 0 Å². The molecule has 0 heterocycles. The van der Waals surface area contributed by atoms with Crippen molar-refractivity contribution in [3.05, 3.63) is 0 Å². The van der Waals surface area contributed by atoms with E-state index in [-0.39, 0.29) is 61.1 Å². The Morgan fingerprint density at radius 3 is 0.276 bits per heavy atom. The molecule has 168 valence electrons. The fraction of sp³-hybridized carbons (Fsp3) is 0. The van der Waals surface area contributed by atoms with Gasteiger partial charge in [-0.1, -0.05) is 0 Å². The van der Waals surface area contributed by atoms with Gasteiger partial charge in [0.15, 0.2) is 0 Å². The van der Waals surface area contributed by atoms with E-state index in [2.05, 4.69) is 0 Å². The first-order chi connectivity index (χ1) is 10.0. The average Bonchev–Trinajstić information content (AvgIpc) is 1.79. The van der Waals surface area contributed by atoms with E-state index in [1.54, 1.807) is 0 Å². The summed E-state index contributed by atoms with van der Waals surface area (Å²) in [5.41, 5.74) is 0. The molecule has 0 aliphatic carbocycles. The molecule has 0 fully saturated rings. The van der Waals surface area contributed by atoms with Crippen molar-refractivity contribution < 1.29 is 157 Å². The maximum Gasteiger partial charge on any atom is 5.00 e. The van der Waals surface area contributed by atoms with Crippen molar-refractivity contribution in [2.75, 3.05) is 0 Å². The van der Waals surface area contributed by atoms with Gasteiger partial charge in [0.2, 0.25) is 0 Å². The normalized spacial score (nSPS) is 10.2. The summed E-state index contributed by atoms with van der Waals surface area (Å²) in [4.78, 5) is 128. The minimum absolute atomic E-state index is 0. The molecule has 21 nitrogen and oxygen atoms in total. The van der Waals surface area contributed by atoms with Gasteiger partial charge in [0.1, 0.15) is 0 Å². The molecule has 0 atom stereocenters. The molecule has 0 radical (unpaired) electrons. The van der Waals surface area contributed by atoms with Crippen LogP contribution >= 0.6 is 39.1 Å². The van der Waals surface area contributed by atoms with Crippen LogP contribution < -0.4 is 73.4 Å². The van der Waals surface area contributed by atoms with Crippen LogP contribution in [0.1, 0.15) is 0 Å². The van der Waals surface area contributed by atoms with Crippen LogP contribution in [0.15, 0.2) is 0 Å². The van der Waals surface area contributed by atoms with Gasteiger partial charge in [0, 0.05) is 0 Å². The molecule has 29 heavy (non-hydrogen) atoms. The second-order valence-corrected chi connectivity index (χ2v) is 6.71. The summed E-state index contributed by atoms with van der Waals surface area (Å²) in [6.07, 6.45) is 0. The van der Waals surface area contributed by atoms with Crippen LogP contribution in [-0.2, 0) is 78.5 Å². The van der Waals surface area contributed by atoms with Gasteiger partial charge in [-0.2, -0.15) is 39.1 Å². The second kappa shape index (κ2) is 24.9. The largest absolute Gasteiger partial charge is 5.00 e. The third-order valence-electron chi connectivity index (χ3n) is 0. The molecule has 2 N–H and O–H groups in total. The molecule has 0 aliphatic rings. The van der Waals surface area contributed by atoms with E-state index in [4.69, 9.17) is 96.2 Å². The molecule has 0 unspecified atom stereocenters. The molecule has 29 heteroatoms. The summed E-state index contributed by atoms with van der Waals surface area (Å²) in [7, 11) is -26.9. The number of hydrogen-bond donors (Lipinski definition) is 0. The minimum Gasteiger partial charge on any atom is -0.822 e. The summed E-state index contributed by atoms with van der Waals surface area (Å²) in [6.45, 7) is 0. The van der Waals surface area contributed by atoms with Gasteiger partial charge in [-0.05, 0) is 0 Å². The van der Waals surface area contributed by atoms with Crippen LogP contribution in [0.5, 0.6) is 0 Å². The maximum absolute atomic E-state index is 8.55. The summed E-state index contributed by atoms with van der Waals surface area (Å²) in [6, 6.07) is 0. The first-order valence-corrected chi connectivity index (χ1v) is 11.0. The van der Waals surface area contributed by atoms with E-state index < -0.39 is 39.1 Å². The smallest absolute Gasteiger partial charge is 0.822 e. The van der Waals surface area contributed by atoms with Crippen molar-refractivity contribution in [2.45, 2.75) is 0 Å². The van der Waals surface area contributed by atoms with Crippen molar-refractivity contribution in [3.63, 3.8) is 0 Å². The minimum atomic E-state index is -5.39. The molecular weight excluding hydrogens is 644 g/mol. The zero-order chi connectivity index (χ0) is 22.5. The van der Waals surface area contributed by atoms with Gasteiger partial charge in [-0.25, -0.2) is 0 Å². The van der Waals surface area contributed by atoms with E-state index in [1.165, 1.54) is 0 Å². The Bertz CT molecular complexity index is 379. The third-order valence-corrected chi connectivity index (χ3v) is 0. The van der Waals surface area contributed by atoms with Crippen LogP contribution in [-0.4, -0.2) is 5.48 Å². The molecule has 0 amide bonds. The predicted octanol–water partition coefficient (Wildman–Crippen LogP) is -15.0. The van der Waals surface area contributed by atoms with Gasteiger partial charge in [0.25, 0.3) is 0 Å². The first-order valence-electron chi connectivity index (χ1n) is 3.65. The topological polar surface area (TPSA) is 463 Å². The van der Waals surface area contributed by atoms with Crippen LogP contribution in [0.3, 0.4) is 0 Å². The fourth-order valence-electron chi connectivity index (χ4n) is 0. The summed E-state index contributed by atoms with van der Waals surface area (Å²) in [5, 5.41) is 0. The molecule has 0 aromatic heterocycles. The molecule has 0 saturated heterocycles. The van der Waals surface area contributed by atoms with Crippen LogP contribution in [0, 0.1) is 0 Å². The molecule has 0 rings (SSSR count). The summed E-state index contributed by atoms with van der Waals surface area (Å²) >= 11 is 0. The Morgan fingerprint density at radius 2 is 0.276 bits per heavy atom. The SMILES string of the molecule is O.O=P([O-])([O-])[O-].O=P([O-])([O-])[O-].O=P([O-])([O-])[O-].O=P([O-])([O-])[O-].O=P([O-])([O-])[O-].[V+5].[V+5].[V+5]. The van der Waals surface area contributed by atoms with Crippen molar-refractivity contribution in [3.8, 4) is 0 Å².